The van der Waals surface area contributed by atoms with Gasteiger partial charge in [-0.2, -0.15) is 0 Å². The van der Waals surface area contributed by atoms with E-state index in [1.165, 1.54) is 43.3 Å². The van der Waals surface area contributed by atoms with Crippen LogP contribution in [0.5, 0.6) is 0 Å². The lowest BCUT2D eigenvalue weighted by molar-refractivity contribution is 0.0956. The lowest BCUT2D eigenvalue weighted by atomic mass is 10.2. The number of aryl methyl sites for hydroxylation is 1. The molecule has 2 aromatic rings. The molecule has 0 atom stereocenters. The summed E-state index contributed by atoms with van der Waals surface area (Å²) in [6.07, 6.45) is 4.65. The minimum atomic E-state index is -0.430. The van der Waals surface area contributed by atoms with Crippen molar-refractivity contribution in [3.8, 4) is 10.6 Å². The van der Waals surface area contributed by atoms with Crippen LogP contribution in [0.25, 0.3) is 10.6 Å². The molecule has 1 aromatic carbocycles. The van der Waals surface area contributed by atoms with Crippen LogP contribution < -0.4 is 5.32 Å². The molecule has 0 bridgehead atoms. The van der Waals surface area contributed by atoms with Gasteiger partial charge in [0.25, 0.3) is 5.91 Å². The standard InChI is InChI=1S/C19H23ClFN3OS/c1-13-17(18(25)22-8-2-3-9-24-10-4-5-11-24)26-19(23-13)15-7-6-14(20)12-16(15)21/h6-7,12H,2-5,8-11H2,1H3,(H,22,25). The quantitative estimate of drug-likeness (QED) is 0.701. The van der Waals surface area contributed by atoms with Crippen molar-refractivity contribution < 1.29 is 9.18 Å². The second kappa shape index (κ2) is 8.93. The summed E-state index contributed by atoms with van der Waals surface area (Å²) in [5.74, 6) is -0.568. The number of aromatic nitrogens is 1. The zero-order valence-corrected chi connectivity index (χ0v) is 16.4. The number of thiazole rings is 1. The average molecular weight is 396 g/mol. The molecule has 1 amide bonds. The molecule has 0 spiro atoms. The maximum Gasteiger partial charge on any atom is 0.263 e. The van der Waals surface area contributed by atoms with E-state index in [9.17, 15) is 9.18 Å². The highest BCUT2D eigenvalue weighted by atomic mass is 35.5. The number of likely N-dealkylation sites (tertiary alicyclic amines) is 1. The Bertz CT molecular complexity index is 774. The first-order valence-corrected chi connectivity index (χ1v) is 10.2. The number of unbranched alkanes of at least 4 members (excludes halogenated alkanes) is 1. The van der Waals surface area contributed by atoms with Crippen LogP contribution in [0.1, 0.15) is 41.0 Å². The number of carbonyl (C=O) groups excluding carboxylic acids is 1. The summed E-state index contributed by atoms with van der Waals surface area (Å²) in [6, 6.07) is 4.47. The molecule has 1 aliphatic heterocycles. The van der Waals surface area contributed by atoms with Crippen molar-refractivity contribution in [3.05, 3.63) is 39.6 Å². The Balaban J connectivity index is 1.53. The molecule has 7 heteroatoms. The number of nitrogens with one attached hydrogen (secondary N) is 1. The third-order valence-corrected chi connectivity index (χ3v) is 5.97. The first-order chi connectivity index (χ1) is 12.5. The Morgan fingerprint density at radius 2 is 2.12 bits per heavy atom. The summed E-state index contributed by atoms with van der Waals surface area (Å²) in [5, 5.41) is 3.79. The van der Waals surface area contributed by atoms with Gasteiger partial charge in [0, 0.05) is 17.1 Å². The van der Waals surface area contributed by atoms with E-state index in [4.69, 9.17) is 11.6 Å². The fourth-order valence-electron chi connectivity index (χ4n) is 3.13. The van der Waals surface area contributed by atoms with E-state index >= 15 is 0 Å². The normalized spacial score (nSPS) is 14.7. The van der Waals surface area contributed by atoms with Gasteiger partial charge >= 0.3 is 0 Å². The van der Waals surface area contributed by atoms with Gasteiger partial charge in [-0.25, -0.2) is 9.37 Å². The Labute approximate surface area is 162 Å². The van der Waals surface area contributed by atoms with E-state index in [1.807, 2.05) is 0 Å². The molecule has 1 N–H and O–H groups in total. The molecule has 2 heterocycles. The average Bonchev–Trinajstić information content (AvgIpc) is 3.24. The lowest BCUT2D eigenvalue weighted by Crippen LogP contribution is -2.26. The zero-order chi connectivity index (χ0) is 18.5. The van der Waals surface area contributed by atoms with Crippen molar-refractivity contribution in [2.24, 2.45) is 0 Å². The van der Waals surface area contributed by atoms with Gasteiger partial charge in [0.05, 0.1) is 5.69 Å². The molecule has 0 radical (unpaired) electrons. The van der Waals surface area contributed by atoms with Crippen LogP contribution >= 0.6 is 22.9 Å². The Kier molecular flexibility index (Phi) is 6.62. The number of nitrogens with zero attached hydrogens (tertiary/aromatic N) is 2. The highest BCUT2D eigenvalue weighted by molar-refractivity contribution is 7.17. The lowest BCUT2D eigenvalue weighted by Gasteiger charge is -2.13. The maximum atomic E-state index is 14.1. The Morgan fingerprint density at radius 1 is 1.35 bits per heavy atom. The van der Waals surface area contributed by atoms with Crippen LogP contribution in [0, 0.1) is 12.7 Å². The predicted octanol–water partition coefficient (Wildman–Crippen LogP) is 4.52. The summed E-state index contributed by atoms with van der Waals surface area (Å²) >= 11 is 7.00. The van der Waals surface area contributed by atoms with Crippen molar-refractivity contribution in [1.29, 1.82) is 0 Å². The number of carbonyl (C=O) groups is 1. The molecule has 0 saturated carbocycles. The SMILES string of the molecule is Cc1nc(-c2ccc(Cl)cc2F)sc1C(=O)NCCCCN1CCCC1. The van der Waals surface area contributed by atoms with Crippen molar-refractivity contribution >= 4 is 28.8 Å². The van der Waals surface area contributed by atoms with Crippen LogP contribution in [0.15, 0.2) is 18.2 Å². The van der Waals surface area contributed by atoms with E-state index in [1.54, 1.807) is 19.1 Å². The Morgan fingerprint density at radius 3 is 2.85 bits per heavy atom. The molecule has 3 rings (SSSR count). The first-order valence-electron chi connectivity index (χ1n) is 8.98. The van der Waals surface area contributed by atoms with Crippen molar-refractivity contribution in [3.63, 3.8) is 0 Å². The number of benzene rings is 1. The second-order valence-electron chi connectivity index (χ2n) is 6.57. The van der Waals surface area contributed by atoms with E-state index in [-0.39, 0.29) is 5.91 Å². The molecule has 1 saturated heterocycles. The monoisotopic (exact) mass is 395 g/mol. The number of hydrogen-bond acceptors (Lipinski definition) is 4. The fourth-order valence-corrected chi connectivity index (χ4v) is 4.30. The van der Waals surface area contributed by atoms with Crippen LogP contribution in [0.3, 0.4) is 0 Å². The molecule has 1 aromatic heterocycles. The van der Waals surface area contributed by atoms with E-state index in [2.05, 4.69) is 15.2 Å². The fraction of sp³-hybridized carbons (Fsp3) is 0.474. The Hall–Kier alpha value is -1.50. The zero-order valence-electron chi connectivity index (χ0n) is 14.9. The molecule has 0 aliphatic carbocycles. The third-order valence-electron chi connectivity index (χ3n) is 4.55. The van der Waals surface area contributed by atoms with Crippen LogP contribution in [-0.4, -0.2) is 42.0 Å². The van der Waals surface area contributed by atoms with Gasteiger partial charge in [0.1, 0.15) is 15.7 Å². The van der Waals surface area contributed by atoms with Crippen LogP contribution in [0.2, 0.25) is 5.02 Å². The van der Waals surface area contributed by atoms with Gasteiger partial charge in [-0.05, 0) is 70.4 Å². The predicted molar refractivity (Wildman–Crippen MR) is 104 cm³/mol. The van der Waals surface area contributed by atoms with Crippen molar-refractivity contribution in [1.82, 2.24) is 15.2 Å². The molecule has 1 fully saturated rings. The first kappa shape index (κ1) is 19.3. The molecule has 26 heavy (non-hydrogen) atoms. The number of amides is 1. The summed E-state index contributed by atoms with van der Waals surface area (Å²) in [5.41, 5.74) is 0.987. The number of hydrogen-bond donors (Lipinski definition) is 1. The largest absolute Gasteiger partial charge is 0.351 e. The summed E-state index contributed by atoms with van der Waals surface area (Å²) in [4.78, 5) is 19.8. The molecule has 4 nitrogen and oxygen atoms in total. The van der Waals surface area contributed by atoms with Gasteiger partial charge in [0.2, 0.25) is 0 Å². The minimum absolute atomic E-state index is 0.137. The van der Waals surface area contributed by atoms with Gasteiger partial charge in [-0.15, -0.1) is 11.3 Å². The van der Waals surface area contributed by atoms with Crippen LogP contribution in [-0.2, 0) is 0 Å². The van der Waals surface area contributed by atoms with Gasteiger partial charge in [-0.3, -0.25) is 4.79 Å². The van der Waals surface area contributed by atoms with Gasteiger partial charge in [0.15, 0.2) is 0 Å². The molecular weight excluding hydrogens is 373 g/mol. The van der Waals surface area contributed by atoms with Gasteiger partial charge < -0.3 is 10.2 Å². The number of rotatable bonds is 7. The molecule has 1 aliphatic rings. The second-order valence-corrected chi connectivity index (χ2v) is 8.00. The highest BCUT2D eigenvalue weighted by Gasteiger charge is 2.18. The summed E-state index contributed by atoms with van der Waals surface area (Å²) < 4.78 is 14.1. The third kappa shape index (κ3) is 4.81. The molecule has 0 unspecified atom stereocenters. The smallest absolute Gasteiger partial charge is 0.263 e. The number of halogens is 2. The van der Waals surface area contributed by atoms with Gasteiger partial charge in [-0.1, -0.05) is 11.6 Å². The summed E-state index contributed by atoms with van der Waals surface area (Å²) in [7, 11) is 0. The highest BCUT2D eigenvalue weighted by Crippen LogP contribution is 2.31. The summed E-state index contributed by atoms with van der Waals surface area (Å²) in [6.45, 7) is 5.94. The minimum Gasteiger partial charge on any atom is -0.351 e. The molecule has 140 valence electrons. The van der Waals surface area contributed by atoms with Crippen molar-refractivity contribution in [2.45, 2.75) is 32.6 Å². The van der Waals surface area contributed by atoms with Crippen LogP contribution in [0.4, 0.5) is 4.39 Å². The van der Waals surface area contributed by atoms with E-state index < -0.39 is 5.82 Å². The van der Waals surface area contributed by atoms with E-state index in [0.29, 0.717) is 32.7 Å². The topological polar surface area (TPSA) is 45.2 Å². The maximum absolute atomic E-state index is 14.1. The van der Waals surface area contributed by atoms with Crippen molar-refractivity contribution in [2.75, 3.05) is 26.2 Å². The molecular formula is C19H23ClFN3OS. The van der Waals surface area contributed by atoms with E-state index in [0.717, 1.165) is 19.4 Å².